The summed E-state index contributed by atoms with van der Waals surface area (Å²) in [5, 5.41) is 0. The van der Waals surface area contributed by atoms with Gasteiger partial charge in [0, 0.05) is 0 Å². The summed E-state index contributed by atoms with van der Waals surface area (Å²) in [5.41, 5.74) is 0.736. The maximum absolute atomic E-state index is 12.2. The molecule has 0 aliphatic carbocycles. The van der Waals surface area contributed by atoms with E-state index >= 15 is 0 Å². The van der Waals surface area contributed by atoms with Crippen molar-refractivity contribution in [3.05, 3.63) is 29.8 Å². The zero-order valence-electron chi connectivity index (χ0n) is 21.7. The van der Waals surface area contributed by atoms with Crippen molar-refractivity contribution in [2.45, 2.75) is 121 Å². The standard InChI is InChI=1S/C25H44O3S.Mg.2H/c1-3-4-5-6-7-8-9-10-11-12-13-14-15-16-17-20-23-28-29(26,27)25-22-19-18-21-24(25)2;;;/h18-19,21-22H,3-17,20,23H2,1-2H3;;;/q;+2;2*-1. The van der Waals surface area contributed by atoms with E-state index in [-0.39, 0.29) is 37.4 Å². The van der Waals surface area contributed by atoms with Gasteiger partial charge in [0.05, 0.1) is 11.5 Å². The van der Waals surface area contributed by atoms with Crippen LogP contribution in [0.25, 0.3) is 0 Å². The van der Waals surface area contributed by atoms with Crippen molar-refractivity contribution < 1.29 is 15.5 Å². The Labute approximate surface area is 206 Å². The van der Waals surface area contributed by atoms with E-state index in [1.54, 1.807) is 25.1 Å². The summed E-state index contributed by atoms with van der Waals surface area (Å²) < 4.78 is 29.6. The van der Waals surface area contributed by atoms with E-state index in [0.717, 1.165) is 18.4 Å². The molecular weight excluding hydrogens is 405 g/mol. The molecule has 0 spiro atoms. The molecule has 1 aromatic carbocycles. The smallest absolute Gasteiger partial charge is 1.00 e. The van der Waals surface area contributed by atoms with Crippen molar-refractivity contribution in [3.63, 3.8) is 0 Å². The first-order valence-corrected chi connectivity index (χ1v) is 13.4. The minimum Gasteiger partial charge on any atom is -1.00 e. The summed E-state index contributed by atoms with van der Waals surface area (Å²) in [7, 11) is -3.61. The summed E-state index contributed by atoms with van der Waals surface area (Å²) >= 11 is 0. The van der Waals surface area contributed by atoms with E-state index in [1.165, 1.54) is 89.9 Å². The first-order valence-electron chi connectivity index (χ1n) is 12.0. The van der Waals surface area contributed by atoms with Gasteiger partial charge >= 0.3 is 23.1 Å². The molecule has 0 saturated carbocycles. The van der Waals surface area contributed by atoms with Crippen LogP contribution in [0, 0.1) is 6.92 Å². The first kappa shape index (κ1) is 29.9. The molecule has 0 saturated heterocycles. The molecular formula is C25H46MgO3S. The molecule has 0 atom stereocenters. The number of aryl methyl sites for hydroxylation is 1. The van der Waals surface area contributed by atoms with Gasteiger partial charge in [-0.3, -0.25) is 4.18 Å². The largest absolute Gasteiger partial charge is 2.00 e. The van der Waals surface area contributed by atoms with Crippen LogP contribution >= 0.6 is 0 Å². The average molecular weight is 451 g/mol. The average Bonchev–Trinajstić information content (AvgIpc) is 2.70. The minimum absolute atomic E-state index is 0. The molecule has 0 aromatic heterocycles. The van der Waals surface area contributed by atoms with Crippen molar-refractivity contribution in [2.75, 3.05) is 6.61 Å². The second-order valence-corrected chi connectivity index (χ2v) is 9.93. The van der Waals surface area contributed by atoms with E-state index in [0.29, 0.717) is 0 Å². The van der Waals surface area contributed by atoms with Gasteiger partial charge in [-0.15, -0.1) is 0 Å². The molecule has 0 amide bonds. The Balaban J connectivity index is -0.00000280. The molecule has 0 heterocycles. The SMILES string of the molecule is CCCCCCCCCCCCCCCCCCOS(=O)(=O)c1ccccc1C.[H-].[H-].[Mg+2]. The third-order valence-corrected chi connectivity index (χ3v) is 7.07. The molecule has 30 heavy (non-hydrogen) atoms. The normalized spacial score (nSPS) is 11.4. The van der Waals surface area contributed by atoms with Crippen molar-refractivity contribution in [2.24, 2.45) is 0 Å². The maximum atomic E-state index is 12.2. The second kappa shape index (κ2) is 19.6. The fraction of sp³-hybridized carbons (Fsp3) is 0.760. The van der Waals surface area contributed by atoms with Crippen LogP contribution in [-0.2, 0) is 14.3 Å². The molecule has 0 N–H and O–H groups in total. The van der Waals surface area contributed by atoms with Crippen molar-refractivity contribution in [1.82, 2.24) is 0 Å². The number of rotatable bonds is 19. The van der Waals surface area contributed by atoms with Gasteiger partial charge in [-0.2, -0.15) is 8.42 Å². The van der Waals surface area contributed by atoms with Gasteiger partial charge in [-0.05, 0) is 25.0 Å². The summed E-state index contributed by atoms with van der Waals surface area (Å²) in [6, 6.07) is 6.98. The monoisotopic (exact) mass is 450 g/mol. The fourth-order valence-corrected chi connectivity index (χ4v) is 4.89. The second-order valence-electron chi connectivity index (χ2n) is 8.34. The fourth-order valence-electron chi connectivity index (χ4n) is 3.72. The van der Waals surface area contributed by atoms with Crippen LogP contribution in [0.2, 0.25) is 0 Å². The van der Waals surface area contributed by atoms with Gasteiger partial charge in [0.1, 0.15) is 0 Å². The molecule has 1 rings (SSSR count). The zero-order chi connectivity index (χ0) is 21.2. The summed E-state index contributed by atoms with van der Waals surface area (Å²) in [6.07, 6.45) is 20.9. The van der Waals surface area contributed by atoms with Crippen molar-refractivity contribution in [3.8, 4) is 0 Å². The summed E-state index contributed by atoms with van der Waals surface area (Å²) in [6.45, 7) is 4.36. The molecule has 0 aliphatic heterocycles. The quantitative estimate of drug-likeness (QED) is 0.123. The van der Waals surface area contributed by atoms with Crippen molar-refractivity contribution in [1.29, 1.82) is 0 Å². The van der Waals surface area contributed by atoms with Crippen LogP contribution < -0.4 is 0 Å². The molecule has 0 radical (unpaired) electrons. The van der Waals surface area contributed by atoms with E-state index < -0.39 is 10.1 Å². The zero-order valence-corrected chi connectivity index (χ0v) is 21.9. The maximum Gasteiger partial charge on any atom is 2.00 e. The first-order chi connectivity index (χ1) is 14.1. The summed E-state index contributed by atoms with van der Waals surface area (Å²) in [4.78, 5) is 0.288. The predicted octanol–water partition coefficient (Wildman–Crippen LogP) is 7.81. The van der Waals surface area contributed by atoms with Crippen LogP contribution in [0.5, 0.6) is 0 Å². The molecule has 0 aliphatic rings. The molecule has 172 valence electrons. The predicted molar refractivity (Wildman–Crippen MR) is 132 cm³/mol. The van der Waals surface area contributed by atoms with Gasteiger partial charge in [-0.25, -0.2) is 0 Å². The summed E-state index contributed by atoms with van der Waals surface area (Å²) in [5.74, 6) is 0. The van der Waals surface area contributed by atoms with Crippen LogP contribution in [0.3, 0.4) is 0 Å². The van der Waals surface area contributed by atoms with Gasteiger partial charge in [0.15, 0.2) is 0 Å². The molecule has 5 heteroatoms. The molecule has 0 unspecified atom stereocenters. The third-order valence-electron chi connectivity index (χ3n) is 5.60. The Morgan fingerprint density at radius 3 is 1.53 bits per heavy atom. The molecule has 1 aromatic rings. The molecule has 0 bridgehead atoms. The number of unbranched alkanes of at least 4 members (excludes halogenated alkanes) is 15. The number of hydrogen-bond donors (Lipinski definition) is 0. The van der Waals surface area contributed by atoms with Gasteiger partial charge < -0.3 is 2.85 Å². The van der Waals surface area contributed by atoms with Crippen LogP contribution in [0.15, 0.2) is 29.2 Å². The minimum atomic E-state index is -3.61. The van der Waals surface area contributed by atoms with E-state index in [4.69, 9.17) is 4.18 Å². The van der Waals surface area contributed by atoms with Crippen LogP contribution in [0.4, 0.5) is 0 Å². The Hall–Kier alpha value is -0.104. The van der Waals surface area contributed by atoms with Crippen LogP contribution in [0.1, 0.15) is 118 Å². The van der Waals surface area contributed by atoms with Gasteiger partial charge in [-0.1, -0.05) is 121 Å². The Bertz CT molecular complexity index is 627. The molecule has 0 fully saturated rings. The number of hydrogen-bond acceptors (Lipinski definition) is 3. The third kappa shape index (κ3) is 14.8. The van der Waals surface area contributed by atoms with Crippen LogP contribution in [-0.4, -0.2) is 38.1 Å². The number of benzene rings is 1. The van der Waals surface area contributed by atoms with Crippen molar-refractivity contribution >= 4 is 33.2 Å². The van der Waals surface area contributed by atoms with Gasteiger partial charge in [0.2, 0.25) is 0 Å². The molecule has 3 nitrogen and oxygen atoms in total. The Morgan fingerprint density at radius 1 is 0.700 bits per heavy atom. The van der Waals surface area contributed by atoms with E-state index in [1.807, 2.05) is 6.07 Å². The van der Waals surface area contributed by atoms with E-state index in [2.05, 4.69) is 6.92 Å². The Morgan fingerprint density at radius 2 is 1.10 bits per heavy atom. The topological polar surface area (TPSA) is 43.4 Å². The van der Waals surface area contributed by atoms with Gasteiger partial charge in [0.25, 0.3) is 10.1 Å². The Kier molecular flexibility index (Phi) is 19.5. The van der Waals surface area contributed by atoms with E-state index in [9.17, 15) is 8.42 Å².